The highest BCUT2D eigenvalue weighted by atomic mass is 32.2. The first-order valence-corrected chi connectivity index (χ1v) is 16.9. The molecule has 5 rings (SSSR count). The molecule has 2 amide bonds. The number of carbonyl (C=O) groups is 2. The zero-order chi connectivity index (χ0) is 30.2. The van der Waals surface area contributed by atoms with E-state index in [4.69, 9.17) is 4.98 Å². The lowest BCUT2D eigenvalue weighted by Crippen LogP contribution is -2.53. The minimum absolute atomic E-state index is 0.0276. The van der Waals surface area contributed by atoms with Gasteiger partial charge in [0.1, 0.15) is 5.75 Å². The van der Waals surface area contributed by atoms with E-state index in [0.717, 1.165) is 29.0 Å². The largest absolute Gasteiger partial charge is 0.392 e. The van der Waals surface area contributed by atoms with Gasteiger partial charge in [0.25, 0.3) is 0 Å². The summed E-state index contributed by atoms with van der Waals surface area (Å²) >= 11 is 1.38. The summed E-state index contributed by atoms with van der Waals surface area (Å²) in [6, 6.07) is 17.8. The van der Waals surface area contributed by atoms with E-state index < -0.39 is 27.6 Å². The van der Waals surface area contributed by atoms with E-state index in [2.05, 4.69) is 19.2 Å². The van der Waals surface area contributed by atoms with Crippen molar-refractivity contribution in [3.63, 3.8) is 0 Å². The molecule has 2 aromatic carbocycles. The summed E-state index contributed by atoms with van der Waals surface area (Å²) in [5, 5.41) is 14.8. The van der Waals surface area contributed by atoms with E-state index in [9.17, 15) is 23.1 Å². The first-order valence-electron chi connectivity index (χ1n) is 14.4. The molecule has 8 nitrogen and oxygen atoms in total. The second kappa shape index (κ2) is 11.9. The second-order valence-electron chi connectivity index (χ2n) is 12.3. The Kier molecular flexibility index (Phi) is 8.60. The average molecular weight is 610 g/mol. The average Bonchev–Trinajstić information content (AvgIpc) is 3.34. The third-order valence-electron chi connectivity index (χ3n) is 9.26. The molecule has 6 atom stereocenters. The van der Waals surface area contributed by atoms with Crippen molar-refractivity contribution in [3.05, 3.63) is 76.8 Å². The van der Waals surface area contributed by atoms with Crippen molar-refractivity contribution in [2.75, 3.05) is 18.1 Å². The fraction of sp³-hybridized carbons (Fsp3) is 0.469. The van der Waals surface area contributed by atoms with Crippen LogP contribution in [0.15, 0.2) is 65.6 Å². The molecular weight excluding hydrogens is 571 g/mol. The molecule has 1 saturated carbocycles. The molecule has 0 aliphatic heterocycles. The minimum atomic E-state index is -3.77. The minimum Gasteiger partial charge on any atom is -0.392 e. The van der Waals surface area contributed by atoms with E-state index in [1.54, 1.807) is 23.1 Å². The Labute approximate surface area is 252 Å². The number of fused-ring (bicyclic) bond motifs is 2. The standard InChI is InChI=1S/C32H39N3O5S2/c1-20(30(38)35(4)18-22-11-7-5-8-12-22)24-15-16-32(3)17-25-28(21(2)27(32)29(24)37)34-31(41-25)33-26(36)19-42(39,40)23-13-9-6-10-14-23/h5-14,20-21,24,27,29,37H,15-19H2,1-4H3,(H,33,34,36)/t20-,21-,24+,27+,29-,32-/m0/s1. The van der Waals surface area contributed by atoms with Crippen molar-refractivity contribution in [1.82, 2.24) is 9.88 Å². The summed E-state index contributed by atoms with van der Waals surface area (Å²) in [7, 11) is -1.96. The fourth-order valence-corrected chi connectivity index (χ4v) is 9.54. The molecule has 2 aliphatic rings. The van der Waals surface area contributed by atoms with Gasteiger partial charge in [-0.1, -0.05) is 69.3 Å². The number of amides is 2. The van der Waals surface area contributed by atoms with E-state index in [-0.39, 0.29) is 39.9 Å². The van der Waals surface area contributed by atoms with Crippen molar-refractivity contribution in [3.8, 4) is 0 Å². The molecule has 0 bridgehead atoms. The second-order valence-corrected chi connectivity index (χ2v) is 15.3. The van der Waals surface area contributed by atoms with Crippen LogP contribution in [0, 0.1) is 23.2 Å². The van der Waals surface area contributed by atoms with E-state index >= 15 is 0 Å². The summed E-state index contributed by atoms with van der Waals surface area (Å²) in [6.45, 7) is 6.72. The number of hydrogen-bond acceptors (Lipinski definition) is 7. The Morgan fingerprint density at radius 1 is 1.14 bits per heavy atom. The molecule has 0 saturated heterocycles. The van der Waals surface area contributed by atoms with Crippen LogP contribution in [0.1, 0.15) is 55.7 Å². The van der Waals surface area contributed by atoms with Crippen molar-refractivity contribution in [2.45, 2.75) is 63.5 Å². The Morgan fingerprint density at radius 2 is 1.79 bits per heavy atom. The molecule has 224 valence electrons. The number of nitrogens with one attached hydrogen (secondary N) is 1. The molecule has 10 heteroatoms. The van der Waals surface area contributed by atoms with E-state index in [1.807, 2.05) is 44.3 Å². The number of rotatable bonds is 8. The Morgan fingerprint density at radius 3 is 2.45 bits per heavy atom. The molecule has 0 unspecified atom stereocenters. The summed E-state index contributed by atoms with van der Waals surface area (Å²) in [6.07, 6.45) is 1.67. The molecule has 0 spiro atoms. The van der Waals surface area contributed by atoms with Gasteiger partial charge in [-0.25, -0.2) is 13.4 Å². The maximum atomic E-state index is 13.4. The number of benzene rings is 2. The van der Waals surface area contributed by atoms with Gasteiger partial charge in [-0.3, -0.25) is 9.59 Å². The van der Waals surface area contributed by atoms with Gasteiger partial charge in [-0.15, -0.1) is 11.3 Å². The summed E-state index contributed by atoms with van der Waals surface area (Å²) in [4.78, 5) is 33.8. The van der Waals surface area contributed by atoms with Crippen LogP contribution in [-0.4, -0.2) is 54.1 Å². The van der Waals surface area contributed by atoms with Crippen LogP contribution in [0.3, 0.4) is 0 Å². The van der Waals surface area contributed by atoms with E-state index in [0.29, 0.717) is 18.1 Å². The van der Waals surface area contributed by atoms with Crippen molar-refractivity contribution in [2.24, 2.45) is 23.2 Å². The molecule has 1 fully saturated rings. The number of thiazole rings is 1. The Balaban J connectivity index is 1.28. The van der Waals surface area contributed by atoms with Crippen LogP contribution in [-0.2, 0) is 32.4 Å². The Hall–Kier alpha value is -3.08. The fourth-order valence-electron chi connectivity index (χ4n) is 7.11. The van der Waals surface area contributed by atoms with Crippen LogP contribution in [0.25, 0.3) is 0 Å². The van der Waals surface area contributed by atoms with Crippen molar-refractivity contribution < 1.29 is 23.1 Å². The number of anilines is 1. The quantitative estimate of drug-likeness (QED) is 0.375. The molecule has 2 aliphatic carbocycles. The van der Waals surface area contributed by atoms with Crippen molar-refractivity contribution in [1.29, 1.82) is 0 Å². The summed E-state index contributed by atoms with van der Waals surface area (Å²) in [5.41, 5.74) is 1.73. The highest BCUT2D eigenvalue weighted by Gasteiger charge is 2.54. The first-order chi connectivity index (χ1) is 19.9. The SMILES string of the molecule is C[C@H](C(=O)N(C)Cc1ccccc1)[C@H]1CC[C@@]2(C)Cc3sc(NC(=O)CS(=O)(=O)c4ccccc4)nc3[C@@H](C)[C@@H]2[C@H]1O. The number of hydrogen-bond donors (Lipinski definition) is 2. The number of carbonyl (C=O) groups excluding carboxylic acids is 2. The van der Waals surface area contributed by atoms with Crippen LogP contribution < -0.4 is 5.32 Å². The van der Waals surface area contributed by atoms with Gasteiger partial charge >= 0.3 is 0 Å². The van der Waals surface area contributed by atoms with Gasteiger partial charge in [0.15, 0.2) is 15.0 Å². The number of aliphatic hydroxyl groups is 1. The van der Waals surface area contributed by atoms with Gasteiger partial charge in [-0.2, -0.15) is 0 Å². The van der Waals surface area contributed by atoms with Crippen LogP contribution in [0.5, 0.6) is 0 Å². The van der Waals surface area contributed by atoms with Crippen LogP contribution in [0.4, 0.5) is 5.13 Å². The van der Waals surface area contributed by atoms with Gasteiger partial charge in [0, 0.05) is 30.3 Å². The zero-order valence-corrected chi connectivity index (χ0v) is 26.1. The summed E-state index contributed by atoms with van der Waals surface area (Å²) in [5.74, 6) is -1.95. The lowest BCUT2D eigenvalue weighted by Gasteiger charge is -2.53. The normalized spacial score (nSPS) is 26.0. The van der Waals surface area contributed by atoms with E-state index in [1.165, 1.54) is 23.5 Å². The topological polar surface area (TPSA) is 117 Å². The molecule has 2 N–H and O–H groups in total. The van der Waals surface area contributed by atoms with Gasteiger partial charge in [0.05, 0.1) is 16.7 Å². The third-order valence-corrected chi connectivity index (χ3v) is 11.9. The predicted octanol–water partition coefficient (Wildman–Crippen LogP) is 4.90. The van der Waals surface area contributed by atoms with Gasteiger partial charge in [0.2, 0.25) is 11.8 Å². The summed E-state index contributed by atoms with van der Waals surface area (Å²) < 4.78 is 25.3. The maximum absolute atomic E-state index is 13.4. The zero-order valence-electron chi connectivity index (χ0n) is 24.5. The van der Waals surface area contributed by atoms with Crippen LogP contribution in [0.2, 0.25) is 0 Å². The smallest absolute Gasteiger partial charge is 0.241 e. The lowest BCUT2D eigenvalue weighted by atomic mass is 9.53. The van der Waals surface area contributed by atoms with Crippen molar-refractivity contribution >= 4 is 38.1 Å². The number of aromatic nitrogens is 1. The third kappa shape index (κ3) is 6.02. The monoisotopic (exact) mass is 609 g/mol. The van der Waals surface area contributed by atoms with Gasteiger partial charge in [-0.05, 0) is 54.2 Å². The highest BCUT2D eigenvalue weighted by molar-refractivity contribution is 7.92. The molecular formula is C32H39N3O5S2. The molecule has 42 heavy (non-hydrogen) atoms. The number of sulfone groups is 1. The number of nitrogens with zero attached hydrogens (tertiary/aromatic N) is 2. The first kappa shape index (κ1) is 30.4. The lowest BCUT2D eigenvalue weighted by molar-refractivity contribution is -0.144. The number of aliphatic hydroxyl groups excluding tert-OH is 1. The molecule has 3 aromatic rings. The maximum Gasteiger partial charge on any atom is 0.241 e. The molecule has 0 radical (unpaired) electrons. The molecule has 1 heterocycles. The molecule has 1 aromatic heterocycles. The highest BCUT2D eigenvalue weighted by Crippen LogP contribution is 2.57. The van der Waals surface area contributed by atoms with Crippen LogP contribution >= 0.6 is 11.3 Å². The predicted molar refractivity (Wildman–Crippen MR) is 164 cm³/mol. The Bertz CT molecular complexity index is 1540. The van der Waals surface area contributed by atoms with Gasteiger partial charge < -0.3 is 15.3 Å².